The molecule has 1 N–H and O–H groups in total. The lowest BCUT2D eigenvalue weighted by Gasteiger charge is -2.38. The SMILES string of the molecule is Cc1cc(N2CC(C)NC(CC#N)C2)ccc1Br. The highest BCUT2D eigenvalue weighted by Crippen LogP contribution is 2.24. The van der Waals surface area contributed by atoms with Gasteiger partial charge in [0.1, 0.15) is 0 Å². The van der Waals surface area contributed by atoms with Gasteiger partial charge in [-0.25, -0.2) is 0 Å². The van der Waals surface area contributed by atoms with Gasteiger partial charge in [0.05, 0.1) is 12.5 Å². The number of nitrogens with zero attached hydrogens (tertiary/aromatic N) is 2. The van der Waals surface area contributed by atoms with Crippen LogP contribution in [0.1, 0.15) is 18.9 Å². The number of piperazine rings is 1. The number of hydrogen-bond donors (Lipinski definition) is 1. The van der Waals surface area contributed by atoms with Crippen molar-refractivity contribution in [1.29, 1.82) is 5.26 Å². The first kappa shape index (κ1) is 13.4. The zero-order valence-corrected chi connectivity index (χ0v) is 12.4. The fourth-order valence-electron chi connectivity index (χ4n) is 2.45. The van der Waals surface area contributed by atoms with E-state index in [-0.39, 0.29) is 6.04 Å². The molecule has 0 spiro atoms. The molecule has 2 atom stereocenters. The maximum absolute atomic E-state index is 8.83. The number of aryl methyl sites for hydroxylation is 1. The fourth-order valence-corrected chi connectivity index (χ4v) is 2.70. The Morgan fingerprint density at radius 1 is 1.50 bits per heavy atom. The molecule has 1 fully saturated rings. The third kappa shape index (κ3) is 3.04. The van der Waals surface area contributed by atoms with Crippen LogP contribution >= 0.6 is 15.9 Å². The number of anilines is 1. The lowest BCUT2D eigenvalue weighted by molar-refractivity contribution is 0.391. The molecule has 4 heteroatoms. The van der Waals surface area contributed by atoms with Crippen molar-refractivity contribution in [3.8, 4) is 6.07 Å². The minimum atomic E-state index is 0.266. The van der Waals surface area contributed by atoms with Crippen molar-refractivity contribution in [1.82, 2.24) is 5.32 Å². The molecule has 1 aliphatic heterocycles. The Kier molecular flexibility index (Phi) is 4.26. The normalized spacial score (nSPS) is 23.8. The maximum atomic E-state index is 8.83. The molecular formula is C14H18BrN3. The van der Waals surface area contributed by atoms with Crippen molar-refractivity contribution in [3.63, 3.8) is 0 Å². The first-order valence-electron chi connectivity index (χ1n) is 6.24. The van der Waals surface area contributed by atoms with E-state index in [2.05, 4.69) is 64.3 Å². The Morgan fingerprint density at radius 2 is 2.28 bits per heavy atom. The van der Waals surface area contributed by atoms with Crippen LogP contribution in [0.15, 0.2) is 22.7 Å². The van der Waals surface area contributed by atoms with E-state index in [1.54, 1.807) is 0 Å². The van der Waals surface area contributed by atoms with Crippen molar-refractivity contribution in [3.05, 3.63) is 28.2 Å². The predicted octanol–water partition coefficient (Wildman–Crippen LogP) is 2.84. The van der Waals surface area contributed by atoms with Gasteiger partial charge in [-0.1, -0.05) is 15.9 Å². The van der Waals surface area contributed by atoms with Gasteiger partial charge >= 0.3 is 0 Å². The van der Waals surface area contributed by atoms with Gasteiger partial charge in [0.15, 0.2) is 0 Å². The van der Waals surface area contributed by atoms with Crippen LogP contribution in [0, 0.1) is 18.3 Å². The van der Waals surface area contributed by atoms with Crippen LogP contribution in [0.25, 0.3) is 0 Å². The van der Waals surface area contributed by atoms with Crippen LogP contribution in [-0.4, -0.2) is 25.2 Å². The van der Waals surface area contributed by atoms with Gasteiger partial charge in [0, 0.05) is 35.3 Å². The smallest absolute Gasteiger partial charge is 0.0638 e. The van der Waals surface area contributed by atoms with Crippen LogP contribution in [0.4, 0.5) is 5.69 Å². The fraction of sp³-hybridized carbons (Fsp3) is 0.500. The molecule has 0 amide bonds. The summed E-state index contributed by atoms with van der Waals surface area (Å²) in [5.74, 6) is 0. The molecule has 1 aromatic rings. The molecule has 2 unspecified atom stereocenters. The number of halogens is 1. The maximum Gasteiger partial charge on any atom is 0.0638 e. The van der Waals surface area contributed by atoms with Crippen molar-refractivity contribution < 1.29 is 0 Å². The highest BCUT2D eigenvalue weighted by atomic mass is 79.9. The summed E-state index contributed by atoms with van der Waals surface area (Å²) >= 11 is 3.53. The monoisotopic (exact) mass is 307 g/mol. The van der Waals surface area contributed by atoms with Crippen molar-refractivity contribution in [2.24, 2.45) is 0 Å². The Bertz CT molecular complexity index is 467. The van der Waals surface area contributed by atoms with Crippen molar-refractivity contribution >= 4 is 21.6 Å². The van der Waals surface area contributed by atoms with Crippen LogP contribution < -0.4 is 10.2 Å². The van der Waals surface area contributed by atoms with Gasteiger partial charge in [-0.2, -0.15) is 5.26 Å². The van der Waals surface area contributed by atoms with E-state index in [0.717, 1.165) is 17.6 Å². The number of nitriles is 1. The Labute approximate surface area is 117 Å². The van der Waals surface area contributed by atoms with Gasteiger partial charge in [-0.3, -0.25) is 0 Å². The molecule has 1 aliphatic rings. The quantitative estimate of drug-likeness (QED) is 0.913. The summed E-state index contributed by atoms with van der Waals surface area (Å²) in [5.41, 5.74) is 2.49. The second-order valence-corrected chi connectivity index (χ2v) is 5.82. The number of nitrogens with one attached hydrogen (secondary N) is 1. The summed E-state index contributed by atoms with van der Waals surface area (Å²) in [4.78, 5) is 2.36. The molecule has 0 radical (unpaired) electrons. The zero-order valence-electron chi connectivity index (χ0n) is 10.8. The largest absolute Gasteiger partial charge is 0.368 e. The molecule has 1 heterocycles. The van der Waals surface area contributed by atoms with Crippen LogP contribution in [0.3, 0.4) is 0 Å². The average Bonchev–Trinajstić information content (AvgIpc) is 2.32. The molecule has 3 nitrogen and oxygen atoms in total. The predicted molar refractivity (Wildman–Crippen MR) is 77.7 cm³/mol. The highest BCUT2D eigenvalue weighted by molar-refractivity contribution is 9.10. The molecule has 18 heavy (non-hydrogen) atoms. The van der Waals surface area contributed by atoms with Gasteiger partial charge in [0.2, 0.25) is 0 Å². The van der Waals surface area contributed by atoms with E-state index in [0.29, 0.717) is 12.5 Å². The topological polar surface area (TPSA) is 39.1 Å². The molecule has 0 saturated carbocycles. The average molecular weight is 308 g/mol. The van der Waals surface area contributed by atoms with E-state index in [4.69, 9.17) is 5.26 Å². The standard InChI is InChI=1S/C14H18BrN3/c1-10-7-13(3-4-14(10)15)18-8-11(2)17-12(9-18)5-6-16/h3-4,7,11-12,17H,5,8-9H2,1-2H3. The zero-order chi connectivity index (χ0) is 13.1. The van der Waals surface area contributed by atoms with Gasteiger partial charge < -0.3 is 10.2 Å². The van der Waals surface area contributed by atoms with E-state index in [1.165, 1.54) is 11.3 Å². The van der Waals surface area contributed by atoms with Crippen molar-refractivity contribution in [2.45, 2.75) is 32.4 Å². The summed E-state index contributed by atoms with van der Waals surface area (Å²) in [7, 11) is 0. The molecule has 1 aromatic carbocycles. The Morgan fingerprint density at radius 3 is 2.94 bits per heavy atom. The second kappa shape index (κ2) is 5.73. The number of benzene rings is 1. The minimum absolute atomic E-state index is 0.266. The lowest BCUT2D eigenvalue weighted by Crippen LogP contribution is -2.55. The molecule has 2 rings (SSSR count). The van der Waals surface area contributed by atoms with E-state index in [1.807, 2.05) is 0 Å². The summed E-state index contributed by atoms with van der Waals surface area (Å²) in [5, 5.41) is 12.3. The molecule has 96 valence electrons. The summed E-state index contributed by atoms with van der Waals surface area (Å²) in [6.07, 6.45) is 0.566. The van der Waals surface area contributed by atoms with E-state index < -0.39 is 0 Å². The molecular weight excluding hydrogens is 290 g/mol. The Hall–Kier alpha value is -1.05. The van der Waals surface area contributed by atoms with Gasteiger partial charge in [-0.15, -0.1) is 0 Å². The summed E-state index contributed by atoms with van der Waals surface area (Å²) in [6.45, 7) is 6.16. The van der Waals surface area contributed by atoms with Crippen LogP contribution in [0.5, 0.6) is 0 Å². The lowest BCUT2D eigenvalue weighted by atomic mass is 10.1. The molecule has 1 saturated heterocycles. The first-order chi connectivity index (χ1) is 8.60. The second-order valence-electron chi connectivity index (χ2n) is 4.97. The Balaban J connectivity index is 2.16. The summed E-state index contributed by atoms with van der Waals surface area (Å²) in [6, 6.07) is 9.37. The molecule has 0 aromatic heterocycles. The summed E-state index contributed by atoms with van der Waals surface area (Å²) < 4.78 is 1.14. The number of rotatable bonds is 2. The minimum Gasteiger partial charge on any atom is -0.368 e. The van der Waals surface area contributed by atoms with E-state index >= 15 is 0 Å². The van der Waals surface area contributed by atoms with Crippen LogP contribution in [0.2, 0.25) is 0 Å². The van der Waals surface area contributed by atoms with Gasteiger partial charge in [0.25, 0.3) is 0 Å². The molecule has 0 aliphatic carbocycles. The van der Waals surface area contributed by atoms with Crippen molar-refractivity contribution in [2.75, 3.05) is 18.0 Å². The highest BCUT2D eigenvalue weighted by Gasteiger charge is 2.23. The van der Waals surface area contributed by atoms with Gasteiger partial charge in [-0.05, 0) is 37.6 Å². The molecule has 0 bridgehead atoms. The third-order valence-electron chi connectivity index (χ3n) is 3.30. The van der Waals surface area contributed by atoms with Crippen LogP contribution in [-0.2, 0) is 0 Å². The first-order valence-corrected chi connectivity index (χ1v) is 7.03. The third-order valence-corrected chi connectivity index (χ3v) is 4.19. The van der Waals surface area contributed by atoms with E-state index in [9.17, 15) is 0 Å². The number of hydrogen-bond acceptors (Lipinski definition) is 3.